The smallest absolute Gasteiger partial charge is 0.406 e. The van der Waals surface area contributed by atoms with Gasteiger partial charge in [-0.25, -0.2) is 44.2 Å². The van der Waals surface area contributed by atoms with E-state index in [1.165, 1.54) is 12.7 Å². The number of aromatic nitrogens is 8. The average Bonchev–Trinajstić information content (AvgIpc) is 1.71. The predicted octanol–water partition coefficient (Wildman–Crippen LogP) is 15.0. The molecule has 11 rings (SSSR count). The molecule has 2 fully saturated rings. The Bertz CT molecular complexity index is 4500. The Morgan fingerprint density at radius 1 is 0.561 bits per heavy atom. The first-order chi connectivity index (χ1) is 51.1. The maximum Gasteiger partial charge on any atom is 0.406 e. The molecular weight excluding hydrogens is 1430 g/mol. The lowest BCUT2D eigenvalue weighted by molar-refractivity contribution is -0.0459. The van der Waals surface area contributed by atoms with Crippen molar-refractivity contribution >= 4 is 78.7 Å². The van der Waals surface area contributed by atoms with Crippen LogP contribution in [0.5, 0.6) is 0 Å². The zero-order valence-corrected chi connectivity index (χ0v) is 66.9. The number of ether oxygens (including phenoxy) is 2. The molecule has 0 spiro atoms. The molecule has 564 valence electrons. The number of nitriles is 2. The molecule has 6 heterocycles. The van der Waals surface area contributed by atoms with Crippen molar-refractivity contribution in [2.75, 3.05) is 37.1 Å². The van der Waals surface area contributed by atoms with Crippen molar-refractivity contribution in [3.8, 4) is 12.1 Å². The number of benzene rings is 5. The first kappa shape index (κ1) is 79.8. The molecule has 9 aromatic rings. The molecule has 26 nitrogen and oxygen atoms in total. The van der Waals surface area contributed by atoms with Crippen LogP contribution in [0.25, 0.3) is 22.3 Å². The van der Waals surface area contributed by atoms with E-state index in [1.54, 1.807) is 70.3 Å². The van der Waals surface area contributed by atoms with Crippen LogP contribution in [0, 0.1) is 22.7 Å². The third-order valence-corrected chi connectivity index (χ3v) is 32.8. The summed E-state index contributed by atoms with van der Waals surface area (Å²) in [5.41, 5.74) is 3.40. The molecule has 2 amide bonds. The third-order valence-electron chi connectivity index (χ3n) is 20.2. The second-order valence-electron chi connectivity index (χ2n) is 30.1. The van der Waals surface area contributed by atoms with Gasteiger partial charge in [0.05, 0.1) is 81.7 Å². The Kier molecular flexibility index (Phi) is 25.5. The average molecular weight is 1530 g/mol. The van der Waals surface area contributed by atoms with Crippen LogP contribution in [0.2, 0.25) is 36.3 Å². The summed E-state index contributed by atoms with van der Waals surface area (Å²) < 4.78 is 80.1. The Balaban J connectivity index is 1.07. The monoisotopic (exact) mass is 1530 g/mol. The highest BCUT2D eigenvalue weighted by Crippen LogP contribution is 2.54. The first-order valence-corrected chi connectivity index (χ1v) is 44.5. The van der Waals surface area contributed by atoms with Gasteiger partial charge in [-0.2, -0.15) is 10.5 Å². The zero-order chi connectivity index (χ0) is 76.5. The van der Waals surface area contributed by atoms with E-state index in [9.17, 15) is 20.1 Å². The van der Waals surface area contributed by atoms with E-state index in [1.807, 2.05) is 94.4 Å². The van der Waals surface area contributed by atoms with Crippen LogP contribution >= 0.6 is 16.3 Å². The second-order valence-corrected chi connectivity index (χ2v) is 42.8. The number of carbonyl (C=O) groups excluding carboxylic acids is 2. The van der Waals surface area contributed by atoms with E-state index in [-0.39, 0.29) is 78.1 Å². The molecule has 0 radical (unpaired) electrons. The van der Waals surface area contributed by atoms with E-state index in [0.717, 1.165) is 16.7 Å². The highest BCUT2D eigenvalue weighted by molar-refractivity contribution is 7.51. The van der Waals surface area contributed by atoms with E-state index in [2.05, 4.69) is 152 Å². The molecule has 107 heavy (non-hydrogen) atoms. The molecule has 30 heteroatoms. The Hall–Kier alpha value is -8.23. The maximum atomic E-state index is 17.0. The lowest BCUT2D eigenvalue weighted by atomic mass is 9.76. The summed E-state index contributed by atoms with van der Waals surface area (Å²) in [6.07, 6.45) is -0.659. The quantitative estimate of drug-likeness (QED) is 0.0132. The van der Waals surface area contributed by atoms with Crippen LogP contribution in [0.1, 0.15) is 132 Å². The van der Waals surface area contributed by atoms with Gasteiger partial charge in [-0.3, -0.25) is 33.1 Å². The summed E-state index contributed by atoms with van der Waals surface area (Å²) in [6, 6.07) is 50.1. The summed E-state index contributed by atoms with van der Waals surface area (Å²) in [7, 11) is -12.6. The molecule has 4 N–H and O–H groups in total. The molecule has 0 saturated carbocycles. The van der Waals surface area contributed by atoms with Gasteiger partial charge in [0, 0.05) is 23.2 Å². The Morgan fingerprint density at radius 3 is 1.37 bits per heavy atom. The van der Waals surface area contributed by atoms with Crippen molar-refractivity contribution in [3.63, 3.8) is 0 Å². The van der Waals surface area contributed by atoms with Crippen LogP contribution in [0.15, 0.2) is 177 Å². The minimum atomic E-state index is -4.85. The van der Waals surface area contributed by atoms with Crippen LogP contribution < -0.4 is 21.0 Å². The van der Waals surface area contributed by atoms with E-state index < -0.39 is 111 Å². The SMILES string of the molecule is CC(C)N(C(C)C)P(OCCC#N)OC[C@H]1O[C@@H](n2cnc3c(NC(=O)c4ccccc4)ncnc32)[C@H](O[Si](C)(C)C(C)(C)C)[C@@H]1NP(=O)(OCCC#N)OC[C@H]1O[C@@H](n2cnc3c(NC(=O)c4ccccc4)ncnc32)[C@H](O[Si](C)(C)C(C)(C)C)[C@@H]1NC(c1ccccc1)(c1ccccc1)c1ccccc1. The fourth-order valence-corrected chi connectivity index (χ4v) is 18.6. The normalized spacial score (nSPS) is 20.3. The van der Waals surface area contributed by atoms with Gasteiger partial charge >= 0.3 is 7.75 Å². The van der Waals surface area contributed by atoms with Crippen LogP contribution in [0.3, 0.4) is 0 Å². The minimum Gasteiger partial charge on any atom is -0.408 e. The minimum absolute atomic E-state index is 0.0774. The van der Waals surface area contributed by atoms with Crippen molar-refractivity contribution in [1.82, 2.24) is 54.1 Å². The summed E-state index contributed by atoms with van der Waals surface area (Å²) >= 11 is 0. The first-order valence-electron chi connectivity index (χ1n) is 36.0. The second kappa shape index (κ2) is 34.1. The number of anilines is 2. The van der Waals surface area contributed by atoms with E-state index in [0.29, 0.717) is 16.8 Å². The van der Waals surface area contributed by atoms with E-state index >= 15 is 4.57 Å². The van der Waals surface area contributed by atoms with Crippen molar-refractivity contribution in [2.24, 2.45) is 0 Å². The zero-order valence-electron chi connectivity index (χ0n) is 63.1. The number of fused-ring (bicyclic) bond motifs is 2. The standard InChI is InChI=1S/C77H97N15O11P2Si2/c1-52(2)92(53(3)4)104(96-44-30-42-78)97-46-59-62(66(103-107(13,14)76(8,9)10)74(100-59)91-51-85-64-68(81-49-83-70(64)91)87-72(94)55-34-22-16-23-35-55)89-105(95,98-45-31-43-79)99-47-60-61(88-77(56-36-24-17-25-37-56,57-38-26-18-27-39-57)58-40-28-19-29-41-58)65(102-106(11,12)75(5,6)7)73(101-60)90-50-84-63-67(80-48-82-69(63)90)86-71(93)54-32-20-15-21-33-54/h15-29,32-41,48-53,59-62,65-66,73-74,88H,30-31,44-47H2,1-14H3,(H,89,95)(H,80,82,86,93)(H,81,83,87,94)/t59-,60-,61-,62-,65-,66-,73-,74-,104?,105?/m1/s1. The van der Waals surface area contributed by atoms with Gasteiger partial charge in [0.2, 0.25) is 0 Å². The number of nitrogens with one attached hydrogen (secondary N) is 4. The Labute approximate surface area is 629 Å². The summed E-state index contributed by atoms with van der Waals surface area (Å²) in [5.74, 6) is -0.505. The van der Waals surface area contributed by atoms with Crippen molar-refractivity contribution in [1.29, 1.82) is 10.5 Å². The van der Waals surface area contributed by atoms with Gasteiger partial charge in [-0.15, -0.1) is 0 Å². The number of carbonyl (C=O) groups is 2. The molecule has 2 aliphatic rings. The number of hydrogen-bond donors (Lipinski definition) is 4. The predicted molar refractivity (Wildman–Crippen MR) is 415 cm³/mol. The lowest BCUT2D eigenvalue weighted by Crippen LogP contribution is -2.59. The van der Waals surface area contributed by atoms with Crippen LogP contribution in [-0.4, -0.2) is 147 Å². The molecule has 5 aromatic carbocycles. The van der Waals surface area contributed by atoms with Crippen LogP contribution in [0.4, 0.5) is 11.6 Å². The Morgan fingerprint density at radius 2 is 0.963 bits per heavy atom. The van der Waals surface area contributed by atoms with Crippen molar-refractivity contribution in [3.05, 3.63) is 205 Å². The van der Waals surface area contributed by atoms with Gasteiger partial charge in [0.15, 0.2) is 63.1 Å². The van der Waals surface area contributed by atoms with Gasteiger partial charge in [-0.05, 0) is 105 Å². The molecule has 2 aliphatic heterocycles. The number of nitrogens with zero attached hydrogens (tertiary/aromatic N) is 11. The largest absolute Gasteiger partial charge is 0.408 e. The van der Waals surface area contributed by atoms with Gasteiger partial charge in [0.25, 0.3) is 20.3 Å². The molecule has 0 aliphatic carbocycles. The van der Waals surface area contributed by atoms with E-state index in [4.69, 9.17) is 56.4 Å². The fourth-order valence-electron chi connectivity index (χ4n) is 12.8. The van der Waals surface area contributed by atoms with Gasteiger partial charge in [0.1, 0.15) is 37.1 Å². The summed E-state index contributed by atoms with van der Waals surface area (Å²) in [5, 5.41) is 32.7. The molecular formula is C77H97N15O11P2Si2. The fraction of sp³-hybridized carbons (Fsp3) is 0.429. The highest BCUT2D eigenvalue weighted by Gasteiger charge is 2.57. The topological polar surface area (TPSA) is 311 Å². The highest BCUT2D eigenvalue weighted by atomic mass is 31.2. The summed E-state index contributed by atoms with van der Waals surface area (Å²) in [4.78, 5) is 56.0. The number of amides is 2. The number of rotatable bonds is 32. The van der Waals surface area contributed by atoms with Gasteiger partial charge in [-0.1, -0.05) is 169 Å². The van der Waals surface area contributed by atoms with Crippen LogP contribution in [-0.2, 0) is 46.5 Å². The molecule has 2 unspecified atom stereocenters. The van der Waals surface area contributed by atoms with Crippen molar-refractivity contribution < 1.29 is 50.6 Å². The van der Waals surface area contributed by atoms with Crippen molar-refractivity contribution in [2.45, 2.75) is 185 Å². The number of hydrogen-bond acceptors (Lipinski definition) is 21. The molecule has 2 saturated heterocycles. The number of imidazole rings is 2. The molecule has 4 aromatic heterocycles. The lowest BCUT2D eigenvalue weighted by Gasteiger charge is -2.44. The molecule has 10 atom stereocenters. The maximum absolute atomic E-state index is 17.0. The third kappa shape index (κ3) is 17.9. The summed E-state index contributed by atoms with van der Waals surface area (Å²) in [6.45, 7) is 28.6. The molecule has 0 bridgehead atoms. The van der Waals surface area contributed by atoms with Gasteiger partial charge < -0.3 is 38.0 Å².